The number of nitro groups is 1. The lowest BCUT2D eigenvalue weighted by Gasteiger charge is -2.33. The minimum absolute atomic E-state index is 0.0497. The molecule has 0 aliphatic rings. The Bertz CT molecular complexity index is 738. The first-order valence-electron chi connectivity index (χ1n) is 8.81. The number of benzene rings is 2. The molecule has 0 aliphatic carbocycles. The molecule has 0 aromatic heterocycles. The summed E-state index contributed by atoms with van der Waals surface area (Å²) in [6, 6.07) is 15.6. The van der Waals surface area contributed by atoms with E-state index in [4.69, 9.17) is 4.74 Å². The van der Waals surface area contributed by atoms with Crippen molar-refractivity contribution in [2.24, 2.45) is 11.8 Å². The van der Waals surface area contributed by atoms with Crippen LogP contribution in [0.25, 0.3) is 0 Å². The normalized spacial score (nSPS) is 13.5. The van der Waals surface area contributed by atoms with Gasteiger partial charge in [-0.15, -0.1) is 0 Å². The minimum Gasteiger partial charge on any atom is -0.458 e. The number of ether oxygens (including phenoxy) is 1. The minimum atomic E-state index is -0.490. The van der Waals surface area contributed by atoms with Gasteiger partial charge in [0, 0.05) is 18.1 Å². The standard InChI is InChI=1S/C21H25NO4/c1-14(2)19(16-8-6-5-7-9-16)20(15(3)4)26-21(23)17-10-12-18(13-11-17)22(24)25/h5-15,19-20H,1-4H3/t19-,20-/m0/s1. The summed E-state index contributed by atoms with van der Waals surface area (Å²) < 4.78 is 5.87. The molecule has 0 saturated heterocycles. The van der Waals surface area contributed by atoms with Gasteiger partial charge in [0.1, 0.15) is 6.10 Å². The lowest BCUT2D eigenvalue weighted by atomic mass is 9.79. The molecule has 26 heavy (non-hydrogen) atoms. The summed E-state index contributed by atoms with van der Waals surface area (Å²) >= 11 is 0. The fourth-order valence-corrected chi connectivity index (χ4v) is 3.16. The van der Waals surface area contributed by atoms with Crippen LogP contribution in [0.2, 0.25) is 0 Å². The van der Waals surface area contributed by atoms with Gasteiger partial charge in [-0.3, -0.25) is 10.1 Å². The van der Waals surface area contributed by atoms with Gasteiger partial charge < -0.3 is 4.74 Å². The van der Waals surface area contributed by atoms with Crippen molar-refractivity contribution in [1.82, 2.24) is 0 Å². The first-order valence-corrected chi connectivity index (χ1v) is 8.81. The van der Waals surface area contributed by atoms with Gasteiger partial charge in [0.15, 0.2) is 0 Å². The van der Waals surface area contributed by atoms with Gasteiger partial charge in [-0.25, -0.2) is 4.79 Å². The van der Waals surface area contributed by atoms with Gasteiger partial charge in [0.25, 0.3) is 5.69 Å². The van der Waals surface area contributed by atoms with Crippen LogP contribution in [-0.2, 0) is 4.74 Å². The van der Waals surface area contributed by atoms with Crippen molar-refractivity contribution in [2.45, 2.75) is 39.7 Å². The highest BCUT2D eigenvalue weighted by molar-refractivity contribution is 5.89. The van der Waals surface area contributed by atoms with Gasteiger partial charge in [0.05, 0.1) is 10.5 Å². The van der Waals surface area contributed by atoms with Crippen LogP contribution in [0.4, 0.5) is 5.69 Å². The molecule has 0 amide bonds. The van der Waals surface area contributed by atoms with E-state index in [2.05, 4.69) is 26.0 Å². The Hall–Kier alpha value is -2.69. The fraction of sp³-hybridized carbons (Fsp3) is 0.381. The SMILES string of the molecule is CC(C)[C@@H](c1ccccc1)[C@@H](OC(=O)c1ccc([N+](=O)[O-])cc1)C(C)C. The van der Waals surface area contributed by atoms with Crippen LogP contribution < -0.4 is 0 Å². The molecule has 0 N–H and O–H groups in total. The molecular weight excluding hydrogens is 330 g/mol. The predicted octanol–water partition coefficient (Wildman–Crippen LogP) is 5.22. The maximum absolute atomic E-state index is 12.6. The summed E-state index contributed by atoms with van der Waals surface area (Å²) in [5.74, 6) is 0.0254. The van der Waals surface area contributed by atoms with Crippen LogP contribution in [0.5, 0.6) is 0 Å². The van der Waals surface area contributed by atoms with E-state index in [0.29, 0.717) is 5.56 Å². The number of non-ortho nitro benzene ring substituents is 1. The molecule has 0 spiro atoms. The first kappa shape index (κ1) is 19.6. The Balaban J connectivity index is 2.26. The summed E-state index contributed by atoms with van der Waals surface area (Å²) in [5.41, 5.74) is 1.40. The van der Waals surface area contributed by atoms with Crippen molar-refractivity contribution in [1.29, 1.82) is 0 Å². The summed E-state index contributed by atoms with van der Waals surface area (Å²) in [6.07, 6.45) is -0.292. The van der Waals surface area contributed by atoms with Crippen molar-refractivity contribution in [3.63, 3.8) is 0 Å². The topological polar surface area (TPSA) is 69.4 Å². The summed E-state index contributed by atoms with van der Waals surface area (Å²) in [6.45, 7) is 8.30. The Morgan fingerprint density at radius 2 is 1.50 bits per heavy atom. The van der Waals surface area contributed by atoms with Crippen LogP contribution in [-0.4, -0.2) is 17.0 Å². The number of nitro benzene ring substituents is 1. The second-order valence-electron chi connectivity index (χ2n) is 7.10. The van der Waals surface area contributed by atoms with E-state index < -0.39 is 10.9 Å². The van der Waals surface area contributed by atoms with E-state index in [1.807, 2.05) is 32.0 Å². The van der Waals surface area contributed by atoms with Crippen molar-refractivity contribution in [3.05, 3.63) is 75.8 Å². The predicted molar refractivity (Wildman–Crippen MR) is 101 cm³/mol. The van der Waals surface area contributed by atoms with Crippen LogP contribution in [0, 0.1) is 22.0 Å². The smallest absolute Gasteiger partial charge is 0.338 e. The highest BCUT2D eigenvalue weighted by Crippen LogP contribution is 2.34. The summed E-state index contributed by atoms with van der Waals surface area (Å²) in [7, 11) is 0. The number of rotatable bonds is 7. The molecule has 0 bridgehead atoms. The molecule has 2 aromatic carbocycles. The van der Waals surface area contributed by atoms with Crippen LogP contribution >= 0.6 is 0 Å². The van der Waals surface area contributed by atoms with E-state index >= 15 is 0 Å². The number of hydrogen-bond donors (Lipinski definition) is 0. The van der Waals surface area contributed by atoms with E-state index in [9.17, 15) is 14.9 Å². The molecule has 5 nitrogen and oxygen atoms in total. The van der Waals surface area contributed by atoms with Gasteiger partial charge >= 0.3 is 5.97 Å². The number of nitrogens with zero attached hydrogens (tertiary/aromatic N) is 1. The summed E-state index contributed by atoms with van der Waals surface area (Å²) in [5, 5.41) is 10.8. The molecular formula is C21H25NO4. The van der Waals surface area contributed by atoms with Crippen LogP contribution in [0.1, 0.15) is 49.5 Å². The van der Waals surface area contributed by atoms with E-state index in [-0.39, 0.29) is 29.5 Å². The molecule has 2 aromatic rings. The van der Waals surface area contributed by atoms with Crippen molar-refractivity contribution >= 4 is 11.7 Å². The molecule has 0 radical (unpaired) electrons. The number of esters is 1. The van der Waals surface area contributed by atoms with Crippen molar-refractivity contribution in [2.75, 3.05) is 0 Å². The quantitative estimate of drug-likeness (QED) is 0.388. The largest absolute Gasteiger partial charge is 0.458 e. The van der Waals surface area contributed by atoms with Gasteiger partial charge in [0.2, 0.25) is 0 Å². The third-order valence-electron chi connectivity index (χ3n) is 4.47. The molecule has 2 atom stereocenters. The van der Waals surface area contributed by atoms with Crippen LogP contribution in [0.3, 0.4) is 0 Å². The number of carbonyl (C=O) groups is 1. The van der Waals surface area contributed by atoms with E-state index in [1.165, 1.54) is 24.3 Å². The second-order valence-corrected chi connectivity index (χ2v) is 7.10. The van der Waals surface area contributed by atoms with Gasteiger partial charge in [-0.1, -0.05) is 58.0 Å². The summed E-state index contributed by atoms with van der Waals surface area (Å²) in [4.78, 5) is 22.9. The number of carbonyl (C=O) groups excluding carboxylic acids is 1. The first-order chi connectivity index (χ1) is 12.3. The van der Waals surface area contributed by atoms with Crippen molar-refractivity contribution < 1.29 is 14.5 Å². The lowest BCUT2D eigenvalue weighted by Crippen LogP contribution is -2.33. The molecule has 0 aliphatic heterocycles. The zero-order chi connectivity index (χ0) is 19.3. The lowest BCUT2D eigenvalue weighted by molar-refractivity contribution is -0.384. The maximum atomic E-state index is 12.6. The highest BCUT2D eigenvalue weighted by Gasteiger charge is 2.32. The fourth-order valence-electron chi connectivity index (χ4n) is 3.16. The molecule has 0 saturated carbocycles. The molecule has 0 heterocycles. The van der Waals surface area contributed by atoms with Crippen LogP contribution in [0.15, 0.2) is 54.6 Å². The zero-order valence-electron chi connectivity index (χ0n) is 15.6. The monoisotopic (exact) mass is 355 g/mol. The molecule has 138 valence electrons. The Labute approximate surface area is 154 Å². The molecule has 0 unspecified atom stereocenters. The number of hydrogen-bond acceptors (Lipinski definition) is 4. The highest BCUT2D eigenvalue weighted by atomic mass is 16.6. The van der Waals surface area contributed by atoms with Gasteiger partial charge in [-0.05, 0) is 29.5 Å². The maximum Gasteiger partial charge on any atom is 0.338 e. The molecule has 0 fully saturated rings. The molecule has 5 heteroatoms. The molecule has 2 rings (SSSR count). The van der Waals surface area contributed by atoms with Crippen molar-refractivity contribution in [3.8, 4) is 0 Å². The van der Waals surface area contributed by atoms with E-state index in [1.54, 1.807) is 0 Å². The second kappa shape index (κ2) is 8.61. The average Bonchev–Trinajstić information content (AvgIpc) is 2.61. The van der Waals surface area contributed by atoms with E-state index in [0.717, 1.165) is 5.56 Å². The Morgan fingerprint density at radius 3 is 1.96 bits per heavy atom. The third kappa shape index (κ3) is 4.69. The zero-order valence-corrected chi connectivity index (χ0v) is 15.6. The Kier molecular flexibility index (Phi) is 6.50. The van der Waals surface area contributed by atoms with Gasteiger partial charge in [-0.2, -0.15) is 0 Å². The average molecular weight is 355 g/mol. The Morgan fingerprint density at radius 1 is 0.923 bits per heavy atom. The third-order valence-corrected chi connectivity index (χ3v) is 4.47.